The van der Waals surface area contributed by atoms with Crippen LogP contribution >= 0.6 is 0 Å². The monoisotopic (exact) mass is 352 g/mol. The van der Waals surface area contributed by atoms with E-state index < -0.39 is 5.76 Å². The Bertz CT molecular complexity index is 945. The van der Waals surface area contributed by atoms with E-state index in [1.807, 2.05) is 6.07 Å². The largest absolute Gasteiger partial charge is 0.439 e. The third kappa shape index (κ3) is 4.44. The van der Waals surface area contributed by atoms with Gasteiger partial charge in [-0.3, -0.25) is 19.1 Å². The molecular formula is C18H16N4O4. The molecule has 1 aromatic heterocycles. The zero-order valence-electron chi connectivity index (χ0n) is 13.7. The van der Waals surface area contributed by atoms with Gasteiger partial charge in [0.25, 0.3) is 5.91 Å². The molecule has 26 heavy (non-hydrogen) atoms. The summed E-state index contributed by atoms with van der Waals surface area (Å²) in [6, 6.07) is 15.6. The molecule has 1 heterocycles. The van der Waals surface area contributed by atoms with E-state index in [4.69, 9.17) is 0 Å². The van der Waals surface area contributed by atoms with Gasteiger partial charge in [-0.1, -0.05) is 23.4 Å². The van der Waals surface area contributed by atoms with Crippen LogP contribution in [0.5, 0.6) is 0 Å². The van der Waals surface area contributed by atoms with Crippen molar-refractivity contribution in [3.05, 3.63) is 70.7 Å². The van der Waals surface area contributed by atoms with Crippen molar-refractivity contribution in [1.82, 2.24) is 15.5 Å². The number of aromatic nitrogens is 2. The van der Waals surface area contributed by atoms with Gasteiger partial charge in [-0.25, -0.2) is 4.79 Å². The molecule has 0 spiro atoms. The Balaban J connectivity index is 1.47. The number of amides is 2. The summed E-state index contributed by atoms with van der Waals surface area (Å²) in [6.45, 7) is 0.234. The minimum atomic E-state index is -0.630. The summed E-state index contributed by atoms with van der Waals surface area (Å²) in [7, 11) is 0. The number of anilines is 1. The van der Waals surface area contributed by atoms with Crippen LogP contribution in [-0.2, 0) is 4.79 Å². The number of rotatable bonds is 6. The molecule has 3 N–H and O–H groups in total. The van der Waals surface area contributed by atoms with E-state index >= 15 is 0 Å². The lowest BCUT2D eigenvalue weighted by Crippen LogP contribution is -2.27. The molecule has 0 radical (unpaired) electrons. The van der Waals surface area contributed by atoms with Gasteiger partial charge in [-0.2, -0.15) is 0 Å². The molecule has 0 aliphatic rings. The van der Waals surface area contributed by atoms with Crippen LogP contribution in [-0.4, -0.2) is 28.5 Å². The highest BCUT2D eigenvalue weighted by Gasteiger charge is 2.08. The van der Waals surface area contributed by atoms with Gasteiger partial charge in [-0.15, -0.1) is 0 Å². The zero-order chi connectivity index (χ0) is 18.4. The fourth-order valence-corrected chi connectivity index (χ4v) is 2.27. The predicted molar refractivity (Wildman–Crippen MR) is 94.6 cm³/mol. The third-order valence-electron chi connectivity index (χ3n) is 3.56. The van der Waals surface area contributed by atoms with Gasteiger partial charge >= 0.3 is 5.76 Å². The molecule has 0 fully saturated rings. The molecule has 0 aliphatic heterocycles. The van der Waals surface area contributed by atoms with Gasteiger partial charge < -0.3 is 10.6 Å². The number of carbonyl (C=O) groups excluding carboxylic acids is 2. The molecule has 8 heteroatoms. The van der Waals surface area contributed by atoms with Crippen molar-refractivity contribution in [2.45, 2.75) is 6.42 Å². The van der Waals surface area contributed by atoms with Crippen LogP contribution in [0, 0.1) is 0 Å². The minimum Gasteiger partial charge on any atom is -0.352 e. The van der Waals surface area contributed by atoms with Crippen LogP contribution in [0.15, 0.2) is 63.9 Å². The van der Waals surface area contributed by atoms with Crippen LogP contribution < -0.4 is 16.4 Å². The third-order valence-corrected chi connectivity index (χ3v) is 3.56. The molecule has 132 valence electrons. The van der Waals surface area contributed by atoms with Crippen molar-refractivity contribution in [3.8, 4) is 11.4 Å². The second-order valence-electron chi connectivity index (χ2n) is 5.44. The average Bonchev–Trinajstić information content (AvgIpc) is 3.09. The summed E-state index contributed by atoms with van der Waals surface area (Å²) in [4.78, 5) is 37.2. The molecule has 2 amide bonds. The van der Waals surface area contributed by atoms with E-state index in [0.717, 1.165) is 0 Å². The maximum absolute atomic E-state index is 12.0. The van der Waals surface area contributed by atoms with Gasteiger partial charge in [0.05, 0.1) is 0 Å². The van der Waals surface area contributed by atoms with Crippen LogP contribution in [0.25, 0.3) is 11.4 Å². The summed E-state index contributed by atoms with van der Waals surface area (Å²) < 4.78 is 4.44. The Kier molecular flexibility index (Phi) is 5.23. The van der Waals surface area contributed by atoms with Crippen LogP contribution in [0.4, 0.5) is 5.69 Å². The maximum Gasteiger partial charge on any atom is 0.439 e. The molecule has 0 unspecified atom stereocenters. The number of hydrogen-bond donors (Lipinski definition) is 3. The van der Waals surface area contributed by atoms with Crippen LogP contribution in [0.3, 0.4) is 0 Å². The zero-order valence-corrected chi connectivity index (χ0v) is 13.7. The van der Waals surface area contributed by atoms with E-state index in [2.05, 4.69) is 25.3 Å². The van der Waals surface area contributed by atoms with Gasteiger partial charge in [0.2, 0.25) is 5.91 Å². The summed E-state index contributed by atoms with van der Waals surface area (Å²) in [5.41, 5.74) is 1.80. The van der Waals surface area contributed by atoms with Gasteiger partial charge in [0, 0.05) is 29.8 Å². The molecular weight excluding hydrogens is 336 g/mol. The number of benzene rings is 2. The van der Waals surface area contributed by atoms with E-state index in [0.29, 0.717) is 22.6 Å². The highest BCUT2D eigenvalue weighted by molar-refractivity contribution is 5.95. The van der Waals surface area contributed by atoms with Crippen molar-refractivity contribution in [2.24, 2.45) is 0 Å². The summed E-state index contributed by atoms with van der Waals surface area (Å²) in [5.74, 6) is -0.753. The molecule has 0 atom stereocenters. The number of carbonyl (C=O) groups is 2. The number of hydrogen-bond acceptors (Lipinski definition) is 5. The fourth-order valence-electron chi connectivity index (χ4n) is 2.27. The van der Waals surface area contributed by atoms with Crippen molar-refractivity contribution in [3.63, 3.8) is 0 Å². The van der Waals surface area contributed by atoms with Crippen molar-refractivity contribution in [1.29, 1.82) is 0 Å². The van der Waals surface area contributed by atoms with Crippen LogP contribution in [0.1, 0.15) is 16.8 Å². The lowest BCUT2D eigenvalue weighted by atomic mass is 10.2. The van der Waals surface area contributed by atoms with Gasteiger partial charge in [-0.05, 0) is 36.4 Å². The Morgan fingerprint density at radius 1 is 1.04 bits per heavy atom. The fraction of sp³-hybridized carbons (Fsp3) is 0.111. The lowest BCUT2D eigenvalue weighted by molar-refractivity contribution is -0.116. The highest BCUT2D eigenvalue weighted by atomic mass is 16.5. The van der Waals surface area contributed by atoms with Crippen molar-refractivity contribution in [2.75, 3.05) is 11.9 Å². The van der Waals surface area contributed by atoms with E-state index in [-0.39, 0.29) is 24.8 Å². The topological polar surface area (TPSA) is 117 Å². The maximum atomic E-state index is 12.0. The SMILES string of the molecule is O=C(CCNC(=O)c1ccccc1)Nc1ccc(-c2noc(=O)[nH]2)cc1. The average molecular weight is 352 g/mol. The molecule has 3 rings (SSSR count). The van der Waals surface area contributed by atoms with Crippen molar-refractivity contribution < 1.29 is 14.1 Å². The quantitative estimate of drug-likeness (QED) is 0.625. The molecule has 0 bridgehead atoms. The van der Waals surface area contributed by atoms with E-state index in [1.54, 1.807) is 48.5 Å². The first-order valence-corrected chi connectivity index (χ1v) is 7.91. The standard InChI is InChI=1S/C18H16N4O4/c23-15(10-11-19-17(24)13-4-2-1-3-5-13)20-14-8-6-12(7-9-14)16-21-18(25)26-22-16/h1-9H,10-11H2,(H,19,24)(H,20,23)(H,21,22,25). The summed E-state index contributed by atoms with van der Waals surface area (Å²) in [5, 5.41) is 9.02. The van der Waals surface area contributed by atoms with E-state index in [9.17, 15) is 14.4 Å². The number of nitrogens with one attached hydrogen (secondary N) is 3. The second kappa shape index (κ2) is 7.93. The number of nitrogens with zero attached hydrogens (tertiary/aromatic N) is 1. The molecule has 0 saturated carbocycles. The minimum absolute atomic E-state index is 0.150. The Morgan fingerprint density at radius 2 is 1.77 bits per heavy atom. The van der Waals surface area contributed by atoms with Gasteiger partial charge in [0.15, 0.2) is 5.82 Å². The molecule has 2 aromatic carbocycles. The van der Waals surface area contributed by atoms with Gasteiger partial charge in [0.1, 0.15) is 0 Å². The first-order valence-electron chi connectivity index (χ1n) is 7.91. The Labute approximate surface area is 148 Å². The normalized spacial score (nSPS) is 10.3. The molecule has 0 aliphatic carbocycles. The summed E-state index contributed by atoms with van der Waals surface area (Å²) in [6.07, 6.45) is 0.150. The number of H-pyrrole nitrogens is 1. The molecule has 8 nitrogen and oxygen atoms in total. The molecule has 0 saturated heterocycles. The Morgan fingerprint density at radius 3 is 2.42 bits per heavy atom. The number of aromatic amines is 1. The predicted octanol–water partition coefficient (Wildman–Crippen LogP) is 1.79. The first kappa shape index (κ1) is 17.2. The highest BCUT2D eigenvalue weighted by Crippen LogP contribution is 2.17. The first-order chi connectivity index (χ1) is 12.6. The van der Waals surface area contributed by atoms with E-state index in [1.165, 1.54) is 0 Å². The Hall–Kier alpha value is -3.68. The van der Waals surface area contributed by atoms with Crippen molar-refractivity contribution >= 4 is 17.5 Å². The lowest BCUT2D eigenvalue weighted by Gasteiger charge is -2.07. The summed E-state index contributed by atoms with van der Waals surface area (Å²) >= 11 is 0. The second-order valence-corrected chi connectivity index (χ2v) is 5.44. The van der Waals surface area contributed by atoms with Crippen LogP contribution in [0.2, 0.25) is 0 Å². The smallest absolute Gasteiger partial charge is 0.352 e. The molecule has 3 aromatic rings.